The molecular weight excluding hydrogens is 384 g/mol. The lowest BCUT2D eigenvalue weighted by molar-refractivity contribution is -0.119. The van der Waals surface area contributed by atoms with Crippen molar-refractivity contribution in [1.82, 2.24) is 5.43 Å². The van der Waals surface area contributed by atoms with Crippen molar-refractivity contribution in [3.05, 3.63) is 58.6 Å². The largest absolute Gasteiger partial charge is 0.376 e. The maximum Gasteiger partial charge on any atom is 0.259 e. The summed E-state index contributed by atoms with van der Waals surface area (Å²) >= 11 is 7.21. The fraction of sp³-hybridized carbons (Fsp3) is 0.211. The third kappa shape index (κ3) is 4.81. The van der Waals surface area contributed by atoms with Crippen molar-refractivity contribution in [2.75, 3.05) is 22.5 Å². The first-order valence-electron chi connectivity index (χ1n) is 8.33. The summed E-state index contributed by atoms with van der Waals surface area (Å²) in [6.45, 7) is 3.99. The number of carbonyl (C=O) groups excluding carboxylic acids is 2. The topological polar surface area (TPSA) is 73.8 Å². The molecule has 8 heteroatoms. The maximum atomic E-state index is 12.3. The monoisotopic (exact) mass is 402 g/mol. The van der Waals surface area contributed by atoms with Crippen LogP contribution < -0.4 is 15.6 Å². The van der Waals surface area contributed by atoms with Crippen LogP contribution in [0.25, 0.3) is 0 Å². The molecule has 1 aliphatic rings. The van der Waals surface area contributed by atoms with Gasteiger partial charge in [0.15, 0.2) is 5.17 Å². The van der Waals surface area contributed by atoms with Crippen molar-refractivity contribution in [2.24, 2.45) is 5.10 Å². The number of carbonyl (C=O) groups is 2. The quantitative estimate of drug-likeness (QED) is 0.750. The molecule has 0 spiro atoms. The summed E-state index contributed by atoms with van der Waals surface area (Å²) in [5.41, 5.74) is 6.12. The zero-order valence-corrected chi connectivity index (χ0v) is 16.5. The SMILES string of the molecule is Cc1ccc(N2C(=O)CSC2=NNC(=O)CNc2cccc(Cl)c2)c(C)c1. The number of thioether (sulfide) groups is 1. The molecule has 2 aromatic carbocycles. The lowest BCUT2D eigenvalue weighted by atomic mass is 10.1. The van der Waals surface area contributed by atoms with Crippen molar-refractivity contribution in [3.63, 3.8) is 0 Å². The number of aryl methyl sites for hydroxylation is 2. The van der Waals surface area contributed by atoms with Gasteiger partial charge >= 0.3 is 0 Å². The van der Waals surface area contributed by atoms with Gasteiger partial charge in [-0.1, -0.05) is 47.1 Å². The van der Waals surface area contributed by atoms with E-state index in [1.54, 1.807) is 23.1 Å². The van der Waals surface area contributed by atoms with Crippen molar-refractivity contribution in [3.8, 4) is 0 Å². The predicted molar refractivity (Wildman–Crippen MR) is 111 cm³/mol. The molecule has 1 heterocycles. The van der Waals surface area contributed by atoms with Gasteiger partial charge in [0.2, 0.25) is 5.91 Å². The first-order valence-corrected chi connectivity index (χ1v) is 9.69. The fourth-order valence-corrected chi connectivity index (χ4v) is 3.68. The van der Waals surface area contributed by atoms with E-state index in [1.807, 2.05) is 38.1 Å². The van der Waals surface area contributed by atoms with Crippen LogP contribution in [0.2, 0.25) is 5.02 Å². The Morgan fingerprint density at radius 2 is 2.07 bits per heavy atom. The molecule has 0 unspecified atom stereocenters. The summed E-state index contributed by atoms with van der Waals surface area (Å²) in [5.74, 6) is -0.0806. The van der Waals surface area contributed by atoms with E-state index >= 15 is 0 Å². The van der Waals surface area contributed by atoms with Gasteiger partial charge in [0, 0.05) is 10.7 Å². The molecule has 0 saturated carbocycles. The van der Waals surface area contributed by atoms with Crippen LogP contribution in [0.5, 0.6) is 0 Å². The highest BCUT2D eigenvalue weighted by atomic mass is 35.5. The Labute approximate surface area is 167 Å². The number of hydrogen-bond donors (Lipinski definition) is 2. The molecule has 0 radical (unpaired) electrons. The smallest absolute Gasteiger partial charge is 0.259 e. The van der Waals surface area contributed by atoms with Crippen LogP contribution in [-0.2, 0) is 9.59 Å². The van der Waals surface area contributed by atoms with Gasteiger partial charge in [0.05, 0.1) is 18.0 Å². The average molecular weight is 403 g/mol. The summed E-state index contributed by atoms with van der Waals surface area (Å²) in [4.78, 5) is 25.9. The number of benzene rings is 2. The van der Waals surface area contributed by atoms with Crippen LogP contribution in [0.1, 0.15) is 11.1 Å². The Bertz CT molecular complexity index is 916. The van der Waals surface area contributed by atoms with E-state index in [4.69, 9.17) is 11.6 Å². The van der Waals surface area contributed by atoms with E-state index in [0.717, 1.165) is 22.5 Å². The van der Waals surface area contributed by atoms with Gasteiger partial charge in [-0.05, 0) is 43.7 Å². The minimum Gasteiger partial charge on any atom is -0.376 e. The normalized spacial score (nSPS) is 15.3. The molecule has 0 aromatic heterocycles. The van der Waals surface area contributed by atoms with Gasteiger partial charge < -0.3 is 5.32 Å². The Morgan fingerprint density at radius 1 is 1.26 bits per heavy atom. The summed E-state index contributed by atoms with van der Waals surface area (Å²) < 4.78 is 0. The number of amidine groups is 1. The van der Waals surface area contributed by atoms with Gasteiger partial charge in [-0.25, -0.2) is 5.43 Å². The minimum absolute atomic E-state index is 0.0410. The lowest BCUT2D eigenvalue weighted by Gasteiger charge is -2.18. The zero-order chi connectivity index (χ0) is 19.4. The first kappa shape index (κ1) is 19.3. The van der Waals surface area contributed by atoms with Crippen LogP contribution in [-0.4, -0.2) is 29.3 Å². The number of nitrogens with zero attached hydrogens (tertiary/aromatic N) is 2. The Kier molecular flexibility index (Phi) is 6.03. The number of nitrogens with one attached hydrogen (secondary N) is 2. The average Bonchev–Trinajstić information content (AvgIpc) is 2.99. The van der Waals surface area contributed by atoms with Gasteiger partial charge in [-0.3, -0.25) is 14.5 Å². The molecule has 2 N–H and O–H groups in total. The third-order valence-electron chi connectivity index (χ3n) is 3.91. The van der Waals surface area contributed by atoms with Crippen molar-refractivity contribution < 1.29 is 9.59 Å². The maximum absolute atomic E-state index is 12.3. The van der Waals surface area contributed by atoms with E-state index < -0.39 is 0 Å². The summed E-state index contributed by atoms with van der Waals surface area (Å²) in [5, 5.41) is 8.17. The second-order valence-corrected chi connectivity index (χ2v) is 7.48. The second-order valence-electron chi connectivity index (χ2n) is 6.10. The molecule has 1 saturated heterocycles. The Morgan fingerprint density at radius 3 is 2.81 bits per heavy atom. The van der Waals surface area contributed by atoms with Crippen LogP contribution >= 0.6 is 23.4 Å². The summed E-state index contributed by atoms with van der Waals surface area (Å²) in [6.07, 6.45) is 0. The second kappa shape index (κ2) is 8.45. The van der Waals surface area contributed by atoms with Crippen LogP contribution in [0, 0.1) is 13.8 Å². The third-order valence-corrected chi connectivity index (χ3v) is 5.07. The van der Waals surface area contributed by atoms with Gasteiger partial charge in [-0.2, -0.15) is 0 Å². The number of amides is 2. The summed E-state index contributed by atoms with van der Waals surface area (Å²) in [7, 11) is 0. The van der Waals surface area contributed by atoms with Crippen LogP contribution in [0.4, 0.5) is 11.4 Å². The van der Waals surface area contributed by atoms with Crippen molar-refractivity contribution >= 4 is 51.7 Å². The molecule has 6 nitrogen and oxygen atoms in total. The fourth-order valence-electron chi connectivity index (χ4n) is 2.67. The molecule has 140 valence electrons. The highest BCUT2D eigenvalue weighted by molar-refractivity contribution is 8.15. The highest BCUT2D eigenvalue weighted by Gasteiger charge is 2.31. The molecule has 2 aromatic rings. The van der Waals surface area contributed by atoms with Crippen molar-refractivity contribution in [2.45, 2.75) is 13.8 Å². The molecule has 0 aliphatic carbocycles. The summed E-state index contributed by atoms with van der Waals surface area (Å²) in [6, 6.07) is 13.0. The lowest BCUT2D eigenvalue weighted by Crippen LogP contribution is -2.33. The highest BCUT2D eigenvalue weighted by Crippen LogP contribution is 2.29. The van der Waals surface area contributed by atoms with Gasteiger partial charge in [0.1, 0.15) is 0 Å². The van der Waals surface area contributed by atoms with E-state index in [0.29, 0.717) is 15.9 Å². The number of hydrogen-bond acceptors (Lipinski definition) is 5. The minimum atomic E-state index is -0.317. The van der Waals surface area contributed by atoms with E-state index in [-0.39, 0.29) is 18.4 Å². The zero-order valence-electron chi connectivity index (χ0n) is 15.0. The van der Waals surface area contributed by atoms with E-state index in [1.165, 1.54) is 11.8 Å². The van der Waals surface area contributed by atoms with E-state index in [9.17, 15) is 9.59 Å². The molecular formula is C19H19ClN4O2S. The molecule has 1 aliphatic heterocycles. The molecule has 3 rings (SSSR count). The number of rotatable bonds is 5. The van der Waals surface area contributed by atoms with Crippen LogP contribution in [0.15, 0.2) is 47.6 Å². The Hall–Kier alpha value is -2.51. The molecule has 0 atom stereocenters. The van der Waals surface area contributed by atoms with E-state index in [2.05, 4.69) is 15.8 Å². The van der Waals surface area contributed by atoms with Crippen LogP contribution in [0.3, 0.4) is 0 Å². The molecule has 27 heavy (non-hydrogen) atoms. The standard InChI is InChI=1S/C19H19ClN4O2S/c1-12-6-7-16(13(2)8-12)24-18(26)11-27-19(24)23-22-17(25)10-21-15-5-3-4-14(20)9-15/h3-9,21H,10-11H2,1-2H3,(H,22,25). The number of anilines is 2. The van der Waals surface area contributed by atoms with Gasteiger partial charge in [-0.15, -0.1) is 5.10 Å². The molecule has 0 bridgehead atoms. The van der Waals surface area contributed by atoms with Crippen molar-refractivity contribution in [1.29, 1.82) is 0 Å². The Balaban J connectivity index is 1.66. The molecule has 1 fully saturated rings. The molecule has 2 amide bonds. The number of hydrazone groups is 1. The number of halogens is 1. The predicted octanol–water partition coefficient (Wildman–Crippen LogP) is 3.54. The van der Waals surface area contributed by atoms with Gasteiger partial charge in [0.25, 0.3) is 5.91 Å². The first-order chi connectivity index (χ1) is 12.9.